The summed E-state index contributed by atoms with van der Waals surface area (Å²) in [6.07, 6.45) is 6.66. The van der Waals surface area contributed by atoms with Gasteiger partial charge in [-0.1, -0.05) is 11.6 Å². The van der Waals surface area contributed by atoms with Crippen LogP contribution in [0.2, 0.25) is 5.02 Å². The Bertz CT molecular complexity index is 943. The van der Waals surface area contributed by atoms with Crippen molar-refractivity contribution in [1.29, 1.82) is 0 Å². The second-order valence-corrected chi connectivity index (χ2v) is 5.88. The van der Waals surface area contributed by atoms with Gasteiger partial charge in [0.15, 0.2) is 11.5 Å². The highest BCUT2D eigenvalue weighted by molar-refractivity contribution is 6.33. The van der Waals surface area contributed by atoms with Crippen LogP contribution < -0.4 is 5.32 Å². The molecule has 0 radical (unpaired) electrons. The minimum absolute atomic E-state index is 0.0705. The van der Waals surface area contributed by atoms with Gasteiger partial charge in [0, 0.05) is 30.7 Å². The first-order valence-electron chi connectivity index (χ1n) is 7.75. The molecule has 0 spiro atoms. The number of amides is 1. The molecule has 26 heavy (non-hydrogen) atoms. The van der Waals surface area contributed by atoms with E-state index >= 15 is 0 Å². The summed E-state index contributed by atoms with van der Waals surface area (Å²) < 4.78 is 4.55. The molecule has 3 aromatic heterocycles. The van der Waals surface area contributed by atoms with Gasteiger partial charge in [-0.2, -0.15) is 15.3 Å². The summed E-state index contributed by atoms with van der Waals surface area (Å²) in [6, 6.07) is 1.42. The number of nitrogens with one attached hydrogen (secondary N) is 1. The molecule has 0 fully saturated rings. The number of carbonyl (C=O) groups is 2. The lowest BCUT2D eigenvalue weighted by molar-refractivity contribution is -0.137. The fraction of sp³-hybridized carbons (Fsp3) is 0.267. The minimum Gasteiger partial charge on any atom is -0.480 e. The molecule has 11 heteroatoms. The topological polar surface area (TPSA) is 120 Å². The van der Waals surface area contributed by atoms with Gasteiger partial charge in [0.25, 0.3) is 5.91 Å². The van der Waals surface area contributed by atoms with Gasteiger partial charge < -0.3 is 10.4 Å². The molecular weight excluding hydrogens is 362 g/mol. The Balaban J connectivity index is 1.67. The van der Waals surface area contributed by atoms with Crippen LogP contribution in [0, 0.1) is 0 Å². The van der Waals surface area contributed by atoms with Crippen LogP contribution in [0.15, 0.2) is 30.9 Å². The number of nitrogens with zero attached hydrogens (tertiary/aromatic N) is 6. The van der Waals surface area contributed by atoms with E-state index in [4.69, 9.17) is 16.7 Å². The number of carboxylic acid groups (broad SMARTS) is 1. The molecule has 0 aliphatic carbocycles. The van der Waals surface area contributed by atoms with Crippen LogP contribution in [0.3, 0.4) is 0 Å². The van der Waals surface area contributed by atoms with Crippen LogP contribution in [0.4, 0.5) is 5.82 Å². The van der Waals surface area contributed by atoms with E-state index in [-0.39, 0.29) is 23.1 Å². The van der Waals surface area contributed by atoms with Crippen molar-refractivity contribution in [3.63, 3.8) is 0 Å². The van der Waals surface area contributed by atoms with E-state index in [1.165, 1.54) is 12.3 Å². The van der Waals surface area contributed by atoms with Crippen molar-refractivity contribution in [2.75, 3.05) is 5.32 Å². The number of anilines is 1. The van der Waals surface area contributed by atoms with Gasteiger partial charge in [-0.15, -0.1) is 0 Å². The van der Waals surface area contributed by atoms with E-state index in [0.717, 1.165) is 16.8 Å². The molecule has 0 unspecified atom stereocenters. The number of carboxylic acids is 1. The number of aromatic nitrogens is 6. The van der Waals surface area contributed by atoms with E-state index in [1.807, 2.05) is 13.1 Å². The summed E-state index contributed by atoms with van der Waals surface area (Å²) in [5.41, 5.74) is 1.03. The average Bonchev–Trinajstić information content (AvgIpc) is 3.29. The molecule has 3 heterocycles. The largest absolute Gasteiger partial charge is 0.480 e. The standard InChI is InChI=1S/C15H16ClN7O3/c1-2-21-6-10(5-17-21)7-23-8-11(16)14(20-23)18-15(26)12-3-4-22(19-12)9-13(24)25/h3-6,8H,2,7,9H2,1H3,(H,24,25)(H,18,20,26). The van der Waals surface area contributed by atoms with Crippen molar-refractivity contribution in [1.82, 2.24) is 29.3 Å². The highest BCUT2D eigenvalue weighted by atomic mass is 35.5. The molecule has 3 rings (SSSR count). The number of halogens is 1. The molecule has 0 atom stereocenters. The molecule has 3 aromatic rings. The van der Waals surface area contributed by atoms with Crippen molar-refractivity contribution in [3.05, 3.63) is 47.1 Å². The van der Waals surface area contributed by atoms with E-state index in [9.17, 15) is 9.59 Å². The fourth-order valence-corrected chi connectivity index (χ4v) is 2.49. The first-order chi connectivity index (χ1) is 12.4. The van der Waals surface area contributed by atoms with Gasteiger partial charge >= 0.3 is 5.97 Å². The molecular formula is C15H16ClN7O3. The van der Waals surface area contributed by atoms with Gasteiger partial charge in [-0.25, -0.2) is 0 Å². The van der Waals surface area contributed by atoms with Crippen LogP contribution >= 0.6 is 11.6 Å². The predicted octanol–water partition coefficient (Wildman–Crippen LogP) is 1.33. The summed E-state index contributed by atoms with van der Waals surface area (Å²) in [5.74, 6) is -1.37. The van der Waals surface area contributed by atoms with Gasteiger partial charge in [-0.3, -0.25) is 23.6 Å². The summed E-state index contributed by atoms with van der Waals surface area (Å²) in [6.45, 7) is 2.90. The number of aryl methyl sites for hydroxylation is 1. The van der Waals surface area contributed by atoms with E-state index in [2.05, 4.69) is 20.6 Å². The van der Waals surface area contributed by atoms with E-state index in [1.54, 1.807) is 21.8 Å². The molecule has 0 saturated carbocycles. The molecule has 136 valence electrons. The Hall–Kier alpha value is -3.14. The Morgan fingerprint density at radius 2 is 2.04 bits per heavy atom. The second kappa shape index (κ2) is 7.40. The van der Waals surface area contributed by atoms with Crippen LogP contribution in [0.1, 0.15) is 23.0 Å². The lowest BCUT2D eigenvalue weighted by Gasteiger charge is -2.00. The Labute approximate surface area is 153 Å². The maximum Gasteiger partial charge on any atom is 0.325 e. The minimum atomic E-state index is -1.05. The Morgan fingerprint density at radius 1 is 1.23 bits per heavy atom. The number of carbonyl (C=O) groups excluding carboxylic acids is 1. The van der Waals surface area contributed by atoms with Crippen molar-refractivity contribution in [3.8, 4) is 0 Å². The molecule has 1 amide bonds. The first kappa shape index (κ1) is 17.7. The van der Waals surface area contributed by atoms with Crippen LogP contribution in [-0.2, 0) is 24.4 Å². The number of hydrogen-bond donors (Lipinski definition) is 2. The quantitative estimate of drug-likeness (QED) is 0.641. The van der Waals surface area contributed by atoms with Crippen molar-refractivity contribution in [2.45, 2.75) is 26.6 Å². The third kappa shape index (κ3) is 4.09. The second-order valence-electron chi connectivity index (χ2n) is 5.47. The third-order valence-corrected chi connectivity index (χ3v) is 3.75. The molecule has 10 nitrogen and oxygen atoms in total. The smallest absolute Gasteiger partial charge is 0.325 e. The zero-order chi connectivity index (χ0) is 18.7. The molecule has 0 aliphatic heterocycles. The lowest BCUT2D eigenvalue weighted by atomic mass is 10.4. The molecule has 0 bridgehead atoms. The zero-order valence-electron chi connectivity index (χ0n) is 13.8. The van der Waals surface area contributed by atoms with Crippen LogP contribution in [0.25, 0.3) is 0 Å². The zero-order valence-corrected chi connectivity index (χ0v) is 14.6. The number of aliphatic carboxylic acids is 1. The van der Waals surface area contributed by atoms with Gasteiger partial charge in [0.1, 0.15) is 11.6 Å². The summed E-state index contributed by atoms with van der Waals surface area (Å²) in [7, 11) is 0. The van der Waals surface area contributed by atoms with E-state index < -0.39 is 11.9 Å². The Morgan fingerprint density at radius 3 is 2.73 bits per heavy atom. The van der Waals surface area contributed by atoms with E-state index in [0.29, 0.717) is 6.54 Å². The average molecular weight is 378 g/mol. The van der Waals surface area contributed by atoms with Gasteiger partial charge in [0.05, 0.1) is 12.7 Å². The van der Waals surface area contributed by atoms with Gasteiger partial charge in [-0.05, 0) is 13.0 Å². The van der Waals surface area contributed by atoms with Crippen molar-refractivity contribution in [2.24, 2.45) is 0 Å². The first-order valence-corrected chi connectivity index (χ1v) is 8.13. The predicted molar refractivity (Wildman–Crippen MR) is 92.1 cm³/mol. The normalized spacial score (nSPS) is 10.8. The fourth-order valence-electron chi connectivity index (χ4n) is 2.29. The molecule has 0 aromatic carbocycles. The molecule has 0 aliphatic rings. The van der Waals surface area contributed by atoms with Gasteiger partial charge in [0.2, 0.25) is 0 Å². The van der Waals surface area contributed by atoms with Crippen LogP contribution in [-0.4, -0.2) is 46.3 Å². The molecule has 2 N–H and O–H groups in total. The van der Waals surface area contributed by atoms with Crippen molar-refractivity contribution >= 4 is 29.3 Å². The summed E-state index contributed by atoms with van der Waals surface area (Å²) in [5, 5.41) is 23.9. The lowest BCUT2D eigenvalue weighted by Crippen LogP contribution is -2.15. The SMILES string of the molecule is CCn1cc(Cn2cc(Cl)c(NC(=O)c3ccn(CC(=O)O)n3)n2)cn1. The highest BCUT2D eigenvalue weighted by Gasteiger charge is 2.15. The Kier molecular flexibility index (Phi) is 5.03. The monoisotopic (exact) mass is 377 g/mol. The third-order valence-electron chi connectivity index (χ3n) is 3.47. The summed E-state index contributed by atoms with van der Waals surface area (Å²) in [4.78, 5) is 22.9. The van der Waals surface area contributed by atoms with Crippen LogP contribution in [0.5, 0.6) is 0 Å². The van der Waals surface area contributed by atoms with Crippen molar-refractivity contribution < 1.29 is 14.7 Å². The molecule has 0 saturated heterocycles. The maximum absolute atomic E-state index is 12.2. The summed E-state index contributed by atoms with van der Waals surface area (Å²) >= 11 is 6.13. The highest BCUT2D eigenvalue weighted by Crippen LogP contribution is 2.20. The number of hydrogen-bond acceptors (Lipinski definition) is 5. The number of rotatable bonds is 7. The maximum atomic E-state index is 12.2.